The summed E-state index contributed by atoms with van der Waals surface area (Å²) in [5, 5.41) is 7.90. The summed E-state index contributed by atoms with van der Waals surface area (Å²) in [7, 11) is 0. The van der Waals surface area contributed by atoms with E-state index in [1.54, 1.807) is 0 Å². The molecule has 2 atom stereocenters. The summed E-state index contributed by atoms with van der Waals surface area (Å²) in [5.74, 6) is -0.108. The Kier molecular flexibility index (Phi) is 7.47. The van der Waals surface area contributed by atoms with Gasteiger partial charge in [-0.1, -0.05) is 37.6 Å². The fourth-order valence-electron chi connectivity index (χ4n) is 5.26. The maximum Gasteiger partial charge on any atom is 0.226 e. The first kappa shape index (κ1) is 26.9. The van der Waals surface area contributed by atoms with E-state index < -0.39 is 0 Å². The Morgan fingerprint density at radius 2 is 1.82 bits per heavy atom. The van der Waals surface area contributed by atoms with E-state index in [4.69, 9.17) is 23.8 Å². The highest BCUT2D eigenvalue weighted by Gasteiger charge is 2.42. The third kappa shape index (κ3) is 5.16. The highest BCUT2D eigenvalue weighted by molar-refractivity contribution is 7.80. The van der Waals surface area contributed by atoms with Crippen LogP contribution >= 0.6 is 23.8 Å². The number of carbonyl (C=O) groups excluding carboxylic acids is 1. The molecule has 0 bridgehead atoms. The van der Waals surface area contributed by atoms with Gasteiger partial charge in [0.2, 0.25) is 5.91 Å². The van der Waals surface area contributed by atoms with Crippen molar-refractivity contribution in [2.75, 3.05) is 10.2 Å². The van der Waals surface area contributed by atoms with Crippen LogP contribution in [-0.4, -0.2) is 20.6 Å². The Morgan fingerprint density at radius 1 is 1.03 bits per heavy atom. The topological polar surface area (TPSA) is 62.2 Å². The second kappa shape index (κ2) is 10.8. The van der Waals surface area contributed by atoms with Gasteiger partial charge in [-0.2, -0.15) is 0 Å². The SMILES string of the molecule is Cc1cc(N2C(=S)N[C@H](c3ccccn3)[C@@H]2c2cc(C)n(-c3cccc(Cl)c3)c2C)ccc1NC(=O)C(C)C. The molecule has 5 rings (SSSR count). The van der Waals surface area contributed by atoms with Crippen LogP contribution in [0.15, 0.2) is 72.9 Å². The first-order valence-corrected chi connectivity index (χ1v) is 13.8. The van der Waals surface area contributed by atoms with Gasteiger partial charge in [0, 0.05) is 45.6 Å². The lowest BCUT2D eigenvalue weighted by atomic mass is 9.96. The molecular formula is C31H32ClN5OS. The largest absolute Gasteiger partial charge is 0.351 e. The van der Waals surface area contributed by atoms with Crippen molar-refractivity contribution in [1.82, 2.24) is 14.9 Å². The first-order valence-electron chi connectivity index (χ1n) is 13.0. The van der Waals surface area contributed by atoms with Crippen molar-refractivity contribution in [3.05, 3.63) is 106 Å². The number of aryl methyl sites for hydroxylation is 2. The van der Waals surface area contributed by atoms with Gasteiger partial charge in [0.25, 0.3) is 0 Å². The highest BCUT2D eigenvalue weighted by Crippen LogP contribution is 2.44. The van der Waals surface area contributed by atoms with Crippen LogP contribution in [0.4, 0.5) is 11.4 Å². The third-order valence-corrected chi connectivity index (χ3v) is 7.77. The van der Waals surface area contributed by atoms with Crippen LogP contribution in [-0.2, 0) is 4.79 Å². The van der Waals surface area contributed by atoms with Gasteiger partial charge in [0.05, 0.1) is 17.8 Å². The second-order valence-corrected chi connectivity index (χ2v) is 11.1. The maximum absolute atomic E-state index is 12.3. The number of aromatic nitrogens is 2. The monoisotopic (exact) mass is 557 g/mol. The zero-order valence-corrected chi connectivity index (χ0v) is 24.3. The summed E-state index contributed by atoms with van der Waals surface area (Å²) in [6, 6.07) is 21.8. The first-order chi connectivity index (χ1) is 18.7. The molecular weight excluding hydrogens is 526 g/mol. The zero-order valence-electron chi connectivity index (χ0n) is 22.7. The molecule has 2 N–H and O–H groups in total. The lowest BCUT2D eigenvalue weighted by molar-refractivity contribution is -0.118. The number of pyridine rings is 1. The van der Waals surface area contributed by atoms with Crippen molar-refractivity contribution >= 4 is 46.2 Å². The number of halogens is 1. The van der Waals surface area contributed by atoms with E-state index in [2.05, 4.69) is 57.1 Å². The molecule has 1 saturated heterocycles. The van der Waals surface area contributed by atoms with Gasteiger partial charge in [-0.15, -0.1) is 0 Å². The predicted molar refractivity (Wildman–Crippen MR) is 163 cm³/mol. The molecule has 0 radical (unpaired) electrons. The number of hydrogen-bond acceptors (Lipinski definition) is 3. The van der Waals surface area contributed by atoms with E-state index in [1.807, 2.05) is 75.5 Å². The molecule has 3 heterocycles. The minimum atomic E-state index is -0.160. The summed E-state index contributed by atoms with van der Waals surface area (Å²) in [6.07, 6.45) is 1.81. The Balaban J connectivity index is 1.62. The van der Waals surface area contributed by atoms with Gasteiger partial charge in [-0.25, -0.2) is 0 Å². The summed E-state index contributed by atoms with van der Waals surface area (Å²) in [6.45, 7) is 10.0. The van der Waals surface area contributed by atoms with Gasteiger partial charge in [-0.05, 0) is 98.7 Å². The van der Waals surface area contributed by atoms with Crippen molar-refractivity contribution in [2.24, 2.45) is 5.92 Å². The highest BCUT2D eigenvalue weighted by atomic mass is 35.5. The van der Waals surface area contributed by atoms with Crippen molar-refractivity contribution < 1.29 is 4.79 Å². The fourth-order valence-corrected chi connectivity index (χ4v) is 5.79. The lowest BCUT2D eigenvalue weighted by Crippen LogP contribution is -2.29. The molecule has 6 nitrogen and oxygen atoms in total. The number of amides is 1. The third-order valence-electron chi connectivity index (χ3n) is 7.22. The molecule has 0 unspecified atom stereocenters. The van der Waals surface area contributed by atoms with Crippen molar-refractivity contribution in [3.63, 3.8) is 0 Å². The molecule has 1 fully saturated rings. The Hall–Kier alpha value is -3.68. The lowest BCUT2D eigenvalue weighted by Gasteiger charge is -2.29. The quantitative estimate of drug-likeness (QED) is 0.245. The standard InChI is InChI=1S/C31H32ClN5OS/c1-18(2)30(38)34-26-13-12-24(15-19(26)3)37-29(28(35-31(37)39)27-11-6-7-14-33-27)25-16-20(4)36(21(25)5)23-10-8-9-22(32)17-23/h6-18,28-29H,1-5H3,(H,34,38)(H,35,39)/t28-,29+/m1/s1. The van der Waals surface area contributed by atoms with Crippen molar-refractivity contribution in [3.8, 4) is 5.69 Å². The zero-order chi connectivity index (χ0) is 27.8. The number of nitrogens with one attached hydrogen (secondary N) is 2. The average molecular weight is 558 g/mol. The Labute approximate surface area is 240 Å². The molecule has 0 saturated carbocycles. The van der Waals surface area contributed by atoms with Gasteiger partial charge in [-0.3, -0.25) is 9.78 Å². The van der Waals surface area contributed by atoms with Gasteiger partial charge in [0.15, 0.2) is 5.11 Å². The smallest absolute Gasteiger partial charge is 0.226 e. The Bertz CT molecular complexity index is 1550. The van der Waals surface area contributed by atoms with Crippen LogP contribution in [0.2, 0.25) is 5.02 Å². The van der Waals surface area contributed by atoms with Crippen LogP contribution in [0.5, 0.6) is 0 Å². The second-order valence-electron chi connectivity index (χ2n) is 10.3. The molecule has 2 aromatic heterocycles. The maximum atomic E-state index is 12.3. The van der Waals surface area contributed by atoms with Crippen LogP contribution < -0.4 is 15.5 Å². The van der Waals surface area contributed by atoms with Crippen LogP contribution in [0.25, 0.3) is 5.69 Å². The average Bonchev–Trinajstić information content (AvgIpc) is 3.40. The van der Waals surface area contributed by atoms with E-state index in [-0.39, 0.29) is 23.9 Å². The molecule has 8 heteroatoms. The fraction of sp³-hybridized carbons (Fsp3) is 0.258. The summed E-state index contributed by atoms with van der Waals surface area (Å²) in [4.78, 5) is 19.2. The number of carbonyl (C=O) groups is 1. The summed E-state index contributed by atoms with van der Waals surface area (Å²) >= 11 is 12.3. The van der Waals surface area contributed by atoms with E-state index in [1.165, 1.54) is 0 Å². The number of rotatable bonds is 6. The van der Waals surface area contributed by atoms with E-state index in [9.17, 15) is 4.79 Å². The molecule has 1 aliphatic rings. The molecule has 0 aliphatic carbocycles. The molecule has 2 aromatic carbocycles. The van der Waals surface area contributed by atoms with E-state index in [0.717, 1.165) is 45.3 Å². The van der Waals surface area contributed by atoms with E-state index >= 15 is 0 Å². The minimum absolute atomic E-state index is 0.00856. The number of anilines is 2. The molecule has 4 aromatic rings. The van der Waals surface area contributed by atoms with Crippen LogP contribution in [0, 0.1) is 26.7 Å². The normalized spacial score (nSPS) is 17.0. The van der Waals surface area contributed by atoms with Crippen LogP contribution in [0.3, 0.4) is 0 Å². The van der Waals surface area contributed by atoms with Crippen molar-refractivity contribution in [2.45, 2.75) is 46.7 Å². The molecule has 39 heavy (non-hydrogen) atoms. The van der Waals surface area contributed by atoms with Gasteiger partial charge >= 0.3 is 0 Å². The van der Waals surface area contributed by atoms with Crippen molar-refractivity contribution in [1.29, 1.82) is 0 Å². The number of benzene rings is 2. The molecule has 1 aliphatic heterocycles. The van der Waals surface area contributed by atoms with Gasteiger partial charge < -0.3 is 20.1 Å². The molecule has 0 spiro atoms. The minimum Gasteiger partial charge on any atom is -0.351 e. The number of nitrogens with zero attached hydrogens (tertiary/aromatic N) is 3. The van der Waals surface area contributed by atoms with E-state index in [0.29, 0.717) is 10.1 Å². The molecule has 1 amide bonds. The number of hydrogen-bond donors (Lipinski definition) is 2. The van der Waals surface area contributed by atoms with Gasteiger partial charge in [0.1, 0.15) is 0 Å². The number of thiocarbonyl (C=S) groups is 1. The predicted octanol–water partition coefficient (Wildman–Crippen LogP) is 7.22. The summed E-state index contributed by atoms with van der Waals surface area (Å²) < 4.78 is 2.23. The Morgan fingerprint density at radius 3 is 2.49 bits per heavy atom. The van der Waals surface area contributed by atoms with Crippen LogP contribution in [0.1, 0.15) is 54.1 Å². The molecule has 200 valence electrons. The summed E-state index contributed by atoms with van der Waals surface area (Å²) in [5.41, 5.74) is 7.99.